The van der Waals surface area contributed by atoms with Crippen LogP contribution in [0.3, 0.4) is 0 Å². The van der Waals surface area contributed by atoms with Crippen molar-refractivity contribution in [2.24, 2.45) is 0 Å². The summed E-state index contributed by atoms with van der Waals surface area (Å²) in [6.45, 7) is 1.76. The summed E-state index contributed by atoms with van der Waals surface area (Å²) in [5, 5.41) is 0.576. The summed E-state index contributed by atoms with van der Waals surface area (Å²) in [7, 11) is 0. The van der Waals surface area contributed by atoms with Gasteiger partial charge in [-0.25, -0.2) is 9.97 Å². The molecule has 11 heavy (non-hydrogen) atoms. The monoisotopic (exact) mass is 168 g/mol. The number of hydrogen-bond acceptors (Lipinski definition) is 3. The molecule has 0 aromatic carbocycles. The lowest BCUT2D eigenvalue weighted by Crippen LogP contribution is -1.73. The van der Waals surface area contributed by atoms with Crippen LogP contribution in [0.1, 0.15) is 5.89 Å². The van der Waals surface area contributed by atoms with Crippen molar-refractivity contribution in [1.29, 1.82) is 0 Å². The third kappa shape index (κ3) is 0.973. The molecule has 56 valence electrons. The van der Waals surface area contributed by atoms with E-state index in [2.05, 4.69) is 9.97 Å². The minimum Gasteiger partial charge on any atom is -0.423 e. The maximum absolute atomic E-state index is 5.81. The SMILES string of the molecule is Cc1nc2c(Cl)ccnc2o1. The van der Waals surface area contributed by atoms with E-state index in [1.54, 1.807) is 19.2 Å². The molecule has 0 fully saturated rings. The van der Waals surface area contributed by atoms with Gasteiger partial charge >= 0.3 is 0 Å². The largest absolute Gasteiger partial charge is 0.423 e. The zero-order valence-corrected chi connectivity index (χ0v) is 6.59. The first kappa shape index (κ1) is 6.61. The number of nitrogens with zero attached hydrogens (tertiary/aromatic N) is 2. The maximum atomic E-state index is 5.81. The molecule has 0 aliphatic rings. The van der Waals surface area contributed by atoms with Gasteiger partial charge in [0, 0.05) is 13.1 Å². The van der Waals surface area contributed by atoms with Crippen LogP contribution in [0.2, 0.25) is 5.02 Å². The van der Waals surface area contributed by atoms with Gasteiger partial charge in [0.2, 0.25) is 5.71 Å². The molecule has 0 amide bonds. The van der Waals surface area contributed by atoms with Crippen molar-refractivity contribution >= 4 is 22.8 Å². The summed E-state index contributed by atoms with van der Waals surface area (Å²) in [5.74, 6) is 0.584. The second-order valence-corrected chi connectivity index (χ2v) is 2.59. The van der Waals surface area contributed by atoms with E-state index in [4.69, 9.17) is 16.0 Å². The lowest BCUT2D eigenvalue weighted by Gasteiger charge is -1.85. The zero-order valence-electron chi connectivity index (χ0n) is 5.84. The highest BCUT2D eigenvalue weighted by Gasteiger charge is 2.05. The lowest BCUT2D eigenvalue weighted by molar-refractivity contribution is 0.551. The first-order chi connectivity index (χ1) is 5.27. The van der Waals surface area contributed by atoms with Crippen molar-refractivity contribution in [1.82, 2.24) is 9.97 Å². The van der Waals surface area contributed by atoms with Gasteiger partial charge in [0.15, 0.2) is 5.89 Å². The smallest absolute Gasteiger partial charge is 0.248 e. The Kier molecular flexibility index (Phi) is 1.32. The Bertz CT molecular complexity index is 396. The number of fused-ring (bicyclic) bond motifs is 1. The van der Waals surface area contributed by atoms with Crippen LogP contribution < -0.4 is 0 Å². The maximum Gasteiger partial charge on any atom is 0.248 e. The predicted molar refractivity (Wildman–Crippen MR) is 41.6 cm³/mol. The van der Waals surface area contributed by atoms with Gasteiger partial charge in [-0.15, -0.1) is 0 Å². The molecule has 0 saturated heterocycles. The molecule has 2 heterocycles. The van der Waals surface area contributed by atoms with Gasteiger partial charge in [0.25, 0.3) is 0 Å². The first-order valence-corrected chi connectivity index (χ1v) is 3.53. The molecular formula is C7H5ClN2O. The fraction of sp³-hybridized carbons (Fsp3) is 0.143. The third-order valence-electron chi connectivity index (χ3n) is 1.36. The number of hydrogen-bond donors (Lipinski definition) is 0. The van der Waals surface area contributed by atoms with Crippen LogP contribution in [0.25, 0.3) is 11.2 Å². The van der Waals surface area contributed by atoms with Gasteiger partial charge in [-0.2, -0.15) is 0 Å². The van der Waals surface area contributed by atoms with E-state index < -0.39 is 0 Å². The van der Waals surface area contributed by atoms with Crippen molar-refractivity contribution in [3.05, 3.63) is 23.2 Å². The fourth-order valence-electron chi connectivity index (χ4n) is 0.909. The second-order valence-electron chi connectivity index (χ2n) is 2.18. The standard InChI is InChI=1S/C7H5ClN2O/c1-4-10-6-5(8)2-3-9-7(6)11-4/h2-3H,1H3. The number of aryl methyl sites for hydroxylation is 1. The molecule has 2 aromatic heterocycles. The summed E-state index contributed by atoms with van der Waals surface area (Å²) in [4.78, 5) is 8.00. The Labute approximate surface area is 68.0 Å². The molecular weight excluding hydrogens is 164 g/mol. The average Bonchev–Trinajstić information content (AvgIpc) is 2.31. The van der Waals surface area contributed by atoms with Gasteiger partial charge in [0.05, 0.1) is 5.02 Å². The number of halogens is 1. The minimum absolute atomic E-state index is 0.495. The van der Waals surface area contributed by atoms with E-state index in [0.717, 1.165) is 0 Å². The molecule has 0 atom stereocenters. The van der Waals surface area contributed by atoms with E-state index in [1.165, 1.54) is 0 Å². The number of aromatic nitrogens is 2. The van der Waals surface area contributed by atoms with Crippen molar-refractivity contribution in [3.8, 4) is 0 Å². The molecule has 0 spiro atoms. The van der Waals surface area contributed by atoms with E-state index >= 15 is 0 Å². The summed E-state index contributed by atoms with van der Waals surface area (Å²) >= 11 is 5.81. The van der Waals surface area contributed by atoms with Crippen LogP contribution in [-0.4, -0.2) is 9.97 Å². The Morgan fingerprint density at radius 2 is 2.36 bits per heavy atom. The molecule has 0 unspecified atom stereocenters. The van der Waals surface area contributed by atoms with Crippen molar-refractivity contribution < 1.29 is 4.42 Å². The van der Waals surface area contributed by atoms with Crippen LogP contribution in [0.15, 0.2) is 16.7 Å². The third-order valence-corrected chi connectivity index (χ3v) is 1.66. The molecule has 0 aliphatic carbocycles. The Morgan fingerprint density at radius 1 is 1.55 bits per heavy atom. The molecule has 4 heteroatoms. The van der Waals surface area contributed by atoms with Gasteiger partial charge in [-0.05, 0) is 6.07 Å². The van der Waals surface area contributed by atoms with E-state index in [0.29, 0.717) is 22.1 Å². The van der Waals surface area contributed by atoms with Crippen LogP contribution in [0.4, 0.5) is 0 Å². The van der Waals surface area contributed by atoms with Crippen LogP contribution in [0.5, 0.6) is 0 Å². The van der Waals surface area contributed by atoms with E-state index in [9.17, 15) is 0 Å². The van der Waals surface area contributed by atoms with Gasteiger partial charge in [-0.3, -0.25) is 0 Å². The van der Waals surface area contributed by atoms with Crippen molar-refractivity contribution in [3.63, 3.8) is 0 Å². The van der Waals surface area contributed by atoms with Crippen LogP contribution in [-0.2, 0) is 0 Å². The highest BCUT2D eigenvalue weighted by molar-refractivity contribution is 6.34. The topological polar surface area (TPSA) is 38.9 Å². The predicted octanol–water partition coefficient (Wildman–Crippen LogP) is 2.18. The van der Waals surface area contributed by atoms with Crippen molar-refractivity contribution in [2.45, 2.75) is 6.92 Å². The van der Waals surface area contributed by atoms with Crippen LogP contribution in [0, 0.1) is 6.92 Å². The molecule has 3 nitrogen and oxygen atoms in total. The van der Waals surface area contributed by atoms with E-state index in [-0.39, 0.29) is 0 Å². The molecule has 0 saturated carbocycles. The number of oxazole rings is 1. The molecule has 2 rings (SSSR count). The van der Waals surface area contributed by atoms with E-state index in [1.807, 2.05) is 0 Å². The minimum atomic E-state index is 0.495. The van der Waals surface area contributed by atoms with Gasteiger partial charge in [-0.1, -0.05) is 11.6 Å². The normalized spacial score (nSPS) is 10.7. The summed E-state index contributed by atoms with van der Waals surface area (Å²) in [6, 6.07) is 1.69. The number of rotatable bonds is 0. The molecule has 2 aromatic rings. The molecule has 0 radical (unpaired) electrons. The Hall–Kier alpha value is -1.09. The number of pyridine rings is 1. The molecule has 0 aliphatic heterocycles. The Morgan fingerprint density at radius 3 is 3.09 bits per heavy atom. The average molecular weight is 169 g/mol. The summed E-state index contributed by atoms with van der Waals surface area (Å²) in [6.07, 6.45) is 1.59. The van der Waals surface area contributed by atoms with Gasteiger partial charge < -0.3 is 4.42 Å². The Balaban J connectivity index is 2.90. The molecule has 0 bridgehead atoms. The quantitative estimate of drug-likeness (QED) is 0.605. The lowest BCUT2D eigenvalue weighted by atomic mass is 10.4. The van der Waals surface area contributed by atoms with Gasteiger partial charge in [0.1, 0.15) is 5.52 Å². The second kappa shape index (κ2) is 2.20. The summed E-state index contributed by atoms with van der Waals surface area (Å²) < 4.78 is 5.14. The molecule has 0 N–H and O–H groups in total. The first-order valence-electron chi connectivity index (χ1n) is 3.15. The summed E-state index contributed by atoms with van der Waals surface area (Å²) in [5.41, 5.74) is 1.13. The highest BCUT2D eigenvalue weighted by atomic mass is 35.5. The van der Waals surface area contributed by atoms with Crippen molar-refractivity contribution in [2.75, 3.05) is 0 Å². The fourth-order valence-corrected chi connectivity index (χ4v) is 1.09. The van der Waals surface area contributed by atoms with Crippen LogP contribution >= 0.6 is 11.6 Å². The zero-order chi connectivity index (χ0) is 7.84. The highest BCUT2D eigenvalue weighted by Crippen LogP contribution is 2.20.